The number of allylic oxidation sites excluding steroid dienone is 1. The molecule has 1 unspecified atom stereocenters. The molecule has 0 aromatic heterocycles. The van der Waals surface area contributed by atoms with Gasteiger partial charge in [0.1, 0.15) is 23.0 Å². The van der Waals surface area contributed by atoms with Gasteiger partial charge >= 0.3 is 5.97 Å². The second-order valence-electron chi connectivity index (χ2n) is 8.22. The molecule has 0 fully saturated rings. The fourth-order valence-electron chi connectivity index (χ4n) is 4.64. The number of fused-ring (bicyclic) bond motifs is 3. The van der Waals surface area contributed by atoms with Crippen molar-refractivity contribution in [2.75, 3.05) is 28.4 Å². The molecule has 3 aromatic rings. The Morgan fingerprint density at radius 2 is 1.67 bits per heavy atom. The molecular formula is C28H24O8. The molecule has 2 heterocycles. The van der Waals surface area contributed by atoms with Crippen LogP contribution in [-0.2, 0) is 4.79 Å². The second-order valence-corrected chi connectivity index (χ2v) is 8.22. The van der Waals surface area contributed by atoms with Gasteiger partial charge in [0.2, 0.25) is 5.78 Å². The Morgan fingerprint density at radius 3 is 2.39 bits per heavy atom. The van der Waals surface area contributed by atoms with Crippen LogP contribution in [0.5, 0.6) is 34.5 Å². The first kappa shape index (κ1) is 23.3. The summed E-state index contributed by atoms with van der Waals surface area (Å²) in [6.07, 6.45) is 1.68. The summed E-state index contributed by atoms with van der Waals surface area (Å²) in [5.41, 5.74) is 2.39. The summed E-state index contributed by atoms with van der Waals surface area (Å²) in [6.45, 7) is 0. The Bertz CT molecular complexity index is 1400. The first-order valence-electron chi connectivity index (χ1n) is 11.2. The van der Waals surface area contributed by atoms with E-state index in [1.165, 1.54) is 7.11 Å². The van der Waals surface area contributed by atoms with E-state index in [4.69, 9.17) is 28.4 Å². The van der Waals surface area contributed by atoms with Crippen LogP contribution in [0.25, 0.3) is 6.08 Å². The molecule has 8 nitrogen and oxygen atoms in total. The van der Waals surface area contributed by atoms with Crippen LogP contribution in [0.15, 0.2) is 54.3 Å². The van der Waals surface area contributed by atoms with E-state index in [9.17, 15) is 9.59 Å². The molecule has 0 bridgehead atoms. The van der Waals surface area contributed by atoms with Crippen molar-refractivity contribution in [3.63, 3.8) is 0 Å². The van der Waals surface area contributed by atoms with Crippen LogP contribution in [-0.4, -0.2) is 40.2 Å². The summed E-state index contributed by atoms with van der Waals surface area (Å²) in [5, 5.41) is 0. The van der Waals surface area contributed by atoms with Crippen molar-refractivity contribution in [2.45, 2.75) is 12.3 Å². The summed E-state index contributed by atoms with van der Waals surface area (Å²) in [4.78, 5) is 25.8. The van der Waals surface area contributed by atoms with E-state index in [2.05, 4.69) is 0 Å². The highest BCUT2D eigenvalue weighted by Crippen LogP contribution is 2.51. The van der Waals surface area contributed by atoms with Gasteiger partial charge in [-0.25, -0.2) is 0 Å². The van der Waals surface area contributed by atoms with Crippen molar-refractivity contribution < 1.29 is 38.0 Å². The lowest BCUT2D eigenvalue weighted by Gasteiger charge is -2.27. The molecule has 0 saturated heterocycles. The van der Waals surface area contributed by atoms with Crippen LogP contribution in [0.4, 0.5) is 0 Å². The maximum atomic E-state index is 13.3. The normalized spacial score (nSPS) is 17.1. The summed E-state index contributed by atoms with van der Waals surface area (Å²) < 4.78 is 33.5. The van der Waals surface area contributed by atoms with Crippen LogP contribution in [0.3, 0.4) is 0 Å². The Morgan fingerprint density at radius 1 is 0.861 bits per heavy atom. The van der Waals surface area contributed by atoms with Crippen LogP contribution in [0.1, 0.15) is 39.4 Å². The number of hydrogen-bond donors (Lipinski definition) is 0. The van der Waals surface area contributed by atoms with Gasteiger partial charge < -0.3 is 28.4 Å². The number of ketones is 1. The second kappa shape index (κ2) is 9.30. The number of hydrogen-bond acceptors (Lipinski definition) is 8. The van der Waals surface area contributed by atoms with Crippen LogP contribution < -0.4 is 28.4 Å². The van der Waals surface area contributed by atoms with E-state index in [0.717, 1.165) is 5.56 Å². The number of carbonyl (C=O) groups is 2. The van der Waals surface area contributed by atoms with Crippen molar-refractivity contribution in [2.24, 2.45) is 0 Å². The predicted molar refractivity (Wildman–Crippen MR) is 131 cm³/mol. The Kier molecular flexibility index (Phi) is 6.01. The third kappa shape index (κ3) is 3.80. The molecule has 0 saturated carbocycles. The zero-order valence-electron chi connectivity index (χ0n) is 20.2. The Hall–Kier alpha value is -4.46. The van der Waals surface area contributed by atoms with Gasteiger partial charge in [-0.05, 0) is 30.3 Å². The smallest absolute Gasteiger partial charge is 0.312 e. The van der Waals surface area contributed by atoms with Gasteiger partial charge in [-0.2, -0.15) is 0 Å². The van der Waals surface area contributed by atoms with Gasteiger partial charge in [-0.3, -0.25) is 9.59 Å². The van der Waals surface area contributed by atoms with Crippen molar-refractivity contribution in [3.05, 3.63) is 76.5 Å². The molecule has 3 aromatic carbocycles. The van der Waals surface area contributed by atoms with E-state index in [0.29, 0.717) is 51.2 Å². The third-order valence-electron chi connectivity index (χ3n) is 6.32. The number of carbonyl (C=O) groups excluding carboxylic acids is 2. The Labute approximate surface area is 207 Å². The van der Waals surface area contributed by atoms with Crippen LogP contribution in [0.2, 0.25) is 0 Å². The standard InChI is InChI=1S/C28H24O8/c1-31-16-8-9-17(22(13-16)33-3)19-14-24(29)35-20-11-10-18-26(30)23(36-28(18)25(19)20)12-15-6-5-7-21(32-2)27(15)34-4/h5-13,19H,14H2,1-4H3/b23-12-. The number of ether oxygens (including phenoxy) is 6. The molecule has 0 N–H and O–H groups in total. The highest BCUT2D eigenvalue weighted by Gasteiger charge is 2.39. The number of Topliss-reactive ketones (excluding diaryl/α,β-unsaturated/α-hetero) is 1. The topological polar surface area (TPSA) is 89.5 Å². The lowest BCUT2D eigenvalue weighted by atomic mass is 9.84. The van der Waals surface area contributed by atoms with Crippen molar-refractivity contribution in [1.82, 2.24) is 0 Å². The molecular weight excluding hydrogens is 464 g/mol. The summed E-state index contributed by atoms with van der Waals surface area (Å²) in [6, 6.07) is 14.0. The molecule has 0 radical (unpaired) electrons. The molecule has 1 atom stereocenters. The maximum Gasteiger partial charge on any atom is 0.312 e. The fourth-order valence-corrected chi connectivity index (χ4v) is 4.64. The van der Waals surface area contributed by atoms with E-state index >= 15 is 0 Å². The molecule has 0 amide bonds. The largest absolute Gasteiger partial charge is 0.497 e. The summed E-state index contributed by atoms with van der Waals surface area (Å²) in [5.74, 6) is 1.92. The van der Waals surface area contributed by atoms with Gasteiger partial charge in [0.15, 0.2) is 17.3 Å². The van der Waals surface area contributed by atoms with Crippen LogP contribution in [0, 0.1) is 0 Å². The van der Waals surface area contributed by atoms with Gasteiger partial charge in [0.25, 0.3) is 0 Å². The summed E-state index contributed by atoms with van der Waals surface area (Å²) >= 11 is 0. The minimum Gasteiger partial charge on any atom is -0.497 e. The monoisotopic (exact) mass is 488 g/mol. The predicted octanol–water partition coefficient (Wildman–Crippen LogP) is 4.78. The molecule has 0 aliphatic carbocycles. The fraction of sp³-hybridized carbons (Fsp3) is 0.214. The lowest BCUT2D eigenvalue weighted by molar-refractivity contribution is -0.135. The molecule has 36 heavy (non-hydrogen) atoms. The summed E-state index contributed by atoms with van der Waals surface area (Å²) in [7, 11) is 6.20. The maximum absolute atomic E-state index is 13.3. The van der Waals surface area contributed by atoms with E-state index < -0.39 is 5.92 Å². The van der Waals surface area contributed by atoms with Gasteiger partial charge in [0.05, 0.1) is 40.4 Å². The number of benzene rings is 3. The molecule has 184 valence electrons. The first-order chi connectivity index (χ1) is 17.5. The molecule has 2 aliphatic heterocycles. The average molecular weight is 488 g/mol. The highest BCUT2D eigenvalue weighted by molar-refractivity contribution is 6.15. The van der Waals surface area contributed by atoms with Gasteiger partial charge in [-0.1, -0.05) is 18.2 Å². The third-order valence-corrected chi connectivity index (χ3v) is 6.32. The molecule has 2 aliphatic rings. The van der Waals surface area contributed by atoms with E-state index in [1.54, 1.807) is 69.9 Å². The molecule has 8 heteroatoms. The zero-order valence-corrected chi connectivity index (χ0v) is 20.2. The van der Waals surface area contributed by atoms with E-state index in [1.807, 2.05) is 6.07 Å². The number of rotatable bonds is 6. The van der Waals surface area contributed by atoms with Crippen molar-refractivity contribution in [3.8, 4) is 34.5 Å². The number of para-hydroxylation sites is 1. The molecule has 5 rings (SSSR count). The van der Waals surface area contributed by atoms with Gasteiger partial charge in [0, 0.05) is 28.7 Å². The van der Waals surface area contributed by atoms with Crippen LogP contribution >= 0.6 is 0 Å². The van der Waals surface area contributed by atoms with Gasteiger partial charge in [-0.15, -0.1) is 0 Å². The Balaban J connectivity index is 1.62. The number of esters is 1. The van der Waals surface area contributed by atoms with E-state index in [-0.39, 0.29) is 23.9 Å². The minimum absolute atomic E-state index is 0.0620. The SMILES string of the molecule is COc1ccc(C2CC(=O)Oc3ccc4c(c32)O/C(=C\c2cccc(OC)c2OC)C4=O)c(OC)c1. The average Bonchev–Trinajstić information content (AvgIpc) is 3.22. The minimum atomic E-state index is -0.449. The quantitative estimate of drug-likeness (QED) is 0.278. The first-order valence-corrected chi connectivity index (χ1v) is 11.2. The lowest BCUT2D eigenvalue weighted by Crippen LogP contribution is -2.22. The number of methoxy groups -OCH3 is 4. The van der Waals surface area contributed by atoms with Crippen molar-refractivity contribution in [1.29, 1.82) is 0 Å². The molecule has 0 spiro atoms. The highest BCUT2D eigenvalue weighted by atomic mass is 16.5. The zero-order chi connectivity index (χ0) is 25.4. The van der Waals surface area contributed by atoms with Crippen molar-refractivity contribution >= 4 is 17.8 Å².